The molecule has 1 rings (SSSR count). The zero-order valence-corrected chi connectivity index (χ0v) is 9.16. The molecule has 1 aliphatic rings. The summed E-state index contributed by atoms with van der Waals surface area (Å²) in [5.41, 5.74) is 0. The Morgan fingerprint density at radius 1 is 1.23 bits per heavy atom. The van der Waals surface area contributed by atoms with Crippen LogP contribution in [0.3, 0.4) is 0 Å². The van der Waals surface area contributed by atoms with Gasteiger partial charge in [0.05, 0.1) is 6.67 Å². The summed E-state index contributed by atoms with van der Waals surface area (Å²) in [5, 5.41) is 0. The summed E-state index contributed by atoms with van der Waals surface area (Å²) in [7, 11) is 0. The van der Waals surface area contributed by atoms with Crippen molar-refractivity contribution in [1.29, 1.82) is 0 Å². The predicted octanol–water partition coefficient (Wildman–Crippen LogP) is 2.49. The summed E-state index contributed by atoms with van der Waals surface area (Å²) in [6, 6.07) is 0. The Labute approximate surface area is 82.2 Å². The molecular formula is C11H22N2. The van der Waals surface area contributed by atoms with Crippen LogP contribution in [-0.4, -0.2) is 29.6 Å². The van der Waals surface area contributed by atoms with Crippen LogP contribution in [0, 0.1) is 5.92 Å². The van der Waals surface area contributed by atoms with E-state index in [-0.39, 0.29) is 0 Å². The van der Waals surface area contributed by atoms with Crippen LogP contribution in [0.25, 0.3) is 0 Å². The van der Waals surface area contributed by atoms with E-state index in [0.717, 1.165) is 12.6 Å². The zero-order valence-electron chi connectivity index (χ0n) is 9.16. The highest BCUT2D eigenvalue weighted by Crippen LogP contribution is 2.11. The normalized spacial score (nSPS) is 18.4. The van der Waals surface area contributed by atoms with E-state index >= 15 is 0 Å². The summed E-state index contributed by atoms with van der Waals surface area (Å²) < 4.78 is 0. The Kier molecular flexibility index (Phi) is 4.13. The van der Waals surface area contributed by atoms with Crippen molar-refractivity contribution in [2.45, 2.75) is 33.6 Å². The monoisotopic (exact) mass is 182 g/mol. The highest BCUT2D eigenvalue weighted by atomic mass is 15.3. The Hall–Kier alpha value is -0.660. The maximum absolute atomic E-state index is 2.41. The van der Waals surface area contributed by atoms with Gasteiger partial charge in [0.15, 0.2) is 0 Å². The average Bonchev–Trinajstić information content (AvgIpc) is 2.53. The van der Waals surface area contributed by atoms with Crippen molar-refractivity contribution in [3.05, 3.63) is 12.4 Å². The first kappa shape index (κ1) is 10.4. The maximum Gasteiger partial charge on any atom is 0.0893 e. The molecule has 1 atom stereocenters. The van der Waals surface area contributed by atoms with E-state index in [1.165, 1.54) is 25.9 Å². The summed E-state index contributed by atoms with van der Waals surface area (Å²) in [4.78, 5) is 4.78. The van der Waals surface area contributed by atoms with Gasteiger partial charge in [-0.15, -0.1) is 0 Å². The molecule has 0 N–H and O–H groups in total. The van der Waals surface area contributed by atoms with Gasteiger partial charge in [0.2, 0.25) is 0 Å². The highest BCUT2D eigenvalue weighted by Gasteiger charge is 2.12. The second-order valence-corrected chi connectivity index (χ2v) is 4.04. The van der Waals surface area contributed by atoms with Gasteiger partial charge in [-0.2, -0.15) is 0 Å². The van der Waals surface area contributed by atoms with Crippen molar-refractivity contribution < 1.29 is 0 Å². The van der Waals surface area contributed by atoms with Gasteiger partial charge in [-0.25, -0.2) is 0 Å². The second kappa shape index (κ2) is 5.15. The van der Waals surface area contributed by atoms with Gasteiger partial charge in [0, 0.05) is 25.5 Å². The lowest BCUT2D eigenvalue weighted by Gasteiger charge is -2.23. The first-order valence-corrected chi connectivity index (χ1v) is 5.42. The lowest BCUT2D eigenvalue weighted by atomic mass is 10.1. The maximum atomic E-state index is 2.41. The predicted molar refractivity (Wildman–Crippen MR) is 57.2 cm³/mol. The SMILES string of the molecule is CCCN1C=CN(CC(C)CC)C1. The minimum atomic E-state index is 0.811. The van der Waals surface area contributed by atoms with Gasteiger partial charge in [0.25, 0.3) is 0 Å². The van der Waals surface area contributed by atoms with E-state index in [4.69, 9.17) is 0 Å². The van der Waals surface area contributed by atoms with Crippen molar-refractivity contribution in [3.8, 4) is 0 Å². The molecular weight excluding hydrogens is 160 g/mol. The van der Waals surface area contributed by atoms with Crippen LogP contribution in [0.1, 0.15) is 33.6 Å². The van der Waals surface area contributed by atoms with Crippen LogP contribution >= 0.6 is 0 Å². The topological polar surface area (TPSA) is 6.48 Å². The first-order valence-electron chi connectivity index (χ1n) is 5.42. The van der Waals surface area contributed by atoms with Gasteiger partial charge in [-0.3, -0.25) is 0 Å². The molecule has 0 bridgehead atoms. The van der Waals surface area contributed by atoms with Gasteiger partial charge in [0.1, 0.15) is 0 Å². The van der Waals surface area contributed by atoms with Crippen molar-refractivity contribution in [3.63, 3.8) is 0 Å². The lowest BCUT2D eigenvalue weighted by molar-refractivity contribution is 0.240. The zero-order chi connectivity index (χ0) is 9.68. The van der Waals surface area contributed by atoms with Crippen molar-refractivity contribution in [2.75, 3.05) is 19.8 Å². The molecule has 0 fully saturated rings. The first-order chi connectivity index (χ1) is 6.26. The fourth-order valence-corrected chi connectivity index (χ4v) is 1.60. The largest absolute Gasteiger partial charge is 0.359 e. The molecule has 0 radical (unpaired) electrons. The van der Waals surface area contributed by atoms with E-state index < -0.39 is 0 Å². The molecule has 0 saturated carbocycles. The van der Waals surface area contributed by atoms with Crippen molar-refractivity contribution in [1.82, 2.24) is 9.80 Å². The molecule has 13 heavy (non-hydrogen) atoms. The molecule has 1 unspecified atom stereocenters. The van der Waals surface area contributed by atoms with Crippen LogP contribution < -0.4 is 0 Å². The Morgan fingerprint density at radius 2 is 1.92 bits per heavy atom. The molecule has 0 aromatic heterocycles. The minimum Gasteiger partial charge on any atom is -0.359 e. The fourth-order valence-electron chi connectivity index (χ4n) is 1.60. The fraction of sp³-hybridized carbons (Fsp3) is 0.818. The van der Waals surface area contributed by atoms with Gasteiger partial charge in [-0.1, -0.05) is 27.2 Å². The molecule has 2 heteroatoms. The third kappa shape index (κ3) is 3.29. The standard InChI is InChI=1S/C11H22N2/c1-4-6-12-7-8-13(10-12)9-11(3)5-2/h7-8,11H,4-6,9-10H2,1-3H3. The van der Waals surface area contributed by atoms with Crippen LogP contribution in [0.5, 0.6) is 0 Å². The summed E-state index contributed by atoms with van der Waals surface area (Å²) >= 11 is 0. The third-order valence-electron chi connectivity index (χ3n) is 2.61. The van der Waals surface area contributed by atoms with Crippen LogP contribution in [0.2, 0.25) is 0 Å². The molecule has 1 aliphatic heterocycles. The minimum absolute atomic E-state index is 0.811. The second-order valence-electron chi connectivity index (χ2n) is 4.04. The van der Waals surface area contributed by atoms with Crippen molar-refractivity contribution >= 4 is 0 Å². The molecule has 2 nitrogen and oxygen atoms in total. The number of hydrogen-bond acceptors (Lipinski definition) is 2. The van der Waals surface area contributed by atoms with E-state index in [9.17, 15) is 0 Å². The molecule has 76 valence electrons. The number of nitrogens with zero attached hydrogens (tertiary/aromatic N) is 2. The average molecular weight is 182 g/mol. The van der Waals surface area contributed by atoms with Gasteiger partial charge >= 0.3 is 0 Å². The third-order valence-corrected chi connectivity index (χ3v) is 2.61. The molecule has 0 amide bonds. The summed E-state index contributed by atoms with van der Waals surface area (Å²) in [5.74, 6) is 0.811. The molecule has 1 heterocycles. The summed E-state index contributed by atoms with van der Waals surface area (Å²) in [6.45, 7) is 10.3. The van der Waals surface area contributed by atoms with Gasteiger partial charge < -0.3 is 9.80 Å². The lowest BCUT2D eigenvalue weighted by Crippen LogP contribution is -2.28. The van der Waals surface area contributed by atoms with Crippen LogP contribution in [0.15, 0.2) is 12.4 Å². The van der Waals surface area contributed by atoms with Crippen LogP contribution in [-0.2, 0) is 0 Å². The molecule has 0 aliphatic carbocycles. The van der Waals surface area contributed by atoms with E-state index in [1.807, 2.05) is 0 Å². The quantitative estimate of drug-likeness (QED) is 0.644. The molecule has 0 saturated heterocycles. The Morgan fingerprint density at radius 3 is 2.54 bits per heavy atom. The van der Waals surface area contributed by atoms with Crippen LogP contribution in [0.4, 0.5) is 0 Å². The Balaban J connectivity index is 2.22. The Bertz CT molecular complexity index is 165. The van der Waals surface area contributed by atoms with Crippen molar-refractivity contribution in [2.24, 2.45) is 5.92 Å². The summed E-state index contributed by atoms with van der Waals surface area (Å²) in [6.07, 6.45) is 6.95. The van der Waals surface area contributed by atoms with E-state index in [1.54, 1.807) is 0 Å². The molecule has 0 aromatic carbocycles. The smallest absolute Gasteiger partial charge is 0.0893 e. The van der Waals surface area contributed by atoms with Gasteiger partial charge in [-0.05, 0) is 12.3 Å². The van der Waals surface area contributed by atoms with E-state index in [2.05, 4.69) is 43.0 Å². The number of hydrogen-bond donors (Lipinski definition) is 0. The molecule has 0 spiro atoms. The van der Waals surface area contributed by atoms with E-state index in [0.29, 0.717) is 0 Å². The number of rotatable bonds is 5. The molecule has 0 aromatic rings. The highest BCUT2D eigenvalue weighted by molar-refractivity contribution is 4.90.